The molecule has 1 unspecified atom stereocenters. The van der Waals surface area contributed by atoms with Crippen LogP contribution in [-0.2, 0) is 28.9 Å². The zero-order chi connectivity index (χ0) is 23.7. The van der Waals surface area contributed by atoms with Crippen molar-refractivity contribution in [2.45, 2.75) is 63.3 Å². The van der Waals surface area contributed by atoms with Gasteiger partial charge in [0.2, 0.25) is 5.91 Å². The lowest BCUT2D eigenvalue weighted by Crippen LogP contribution is -2.29. The topological polar surface area (TPSA) is 82.5 Å². The van der Waals surface area contributed by atoms with E-state index in [9.17, 15) is 9.59 Å². The molecular weight excluding hydrogens is 470 g/mol. The minimum Gasteiger partial charge on any atom is -0.495 e. The van der Waals surface area contributed by atoms with Crippen LogP contribution in [-0.4, -0.2) is 41.0 Å². The third-order valence-corrected chi connectivity index (χ3v) is 8.57. The van der Waals surface area contributed by atoms with Crippen LogP contribution in [0.5, 0.6) is 5.75 Å². The fraction of sp³-hybridized carbons (Fsp3) is 0.480. The molecule has 0 bridgehead atoms. The standard InChI is InChI=1S/C25H29N3O4S2/c1-15-9-10-19(31-2)18(12-15)26-21(29)14-33-25-27-23-22(17-7-3-4-8-20(17)34-23)24(30)28(25)13-16-6-5-11-32-16/h9-10,12,16H,3-8,11,13-14H2,1-2H3,(H,26,29). The number of carbonyl (C=O) groups excluding carboxylic acids is 1. The Labute approximate surface area is 206 Å². The van der Waals surface area contributed by atoms with Gasteiger partial charge in [-0.1, -0.05) is 17.8 Å². The maximum Gasteiger partial charge on any atom is 0.263 e. The number of amides is 1. The van der Waals surface area contributed by atoms with Crippen LogP contribution < -0.4 is 15.6 Å². The van der Waals surface area contributed by atoms with E-state index in [4.69, 9.17) is 14.5 Å². The van der Waals surface area contributed by atoms with Gasteiger partial charge in [0.15, 0.2) is 5.16 Å². The second-order valence-corrected chi connectivity index (χ2v) is 10.9. The Morgan fingerprint density at radius 2 is 2.18 bits per heavy atom. The number of aryl methyl sites for hydroxylation is 3. The van der Waals surface area contributed by atoms with Crippen molar-refractivity contribution in [1.29, 1.82) is 0 Å². The molecule has 1 N–H and O–H groups in total. The van der Waals surface area contributed by atoms with Crippen molar-refractivity contribution in [3.8, 4) is 5.75 Å². The molecule has 2 aromatic heterocycles. The lowest BCUT2D eigenvalue weighted by Gasteiger charge is -2.16. The average Bonchev–Trinajstić information content (AvgIpc) is 3.47. The van der Waals surface area contributed by atoms with Crippen LogP contribution in [0.1, 0.15) is 41.7 Å². The van der Waals surface area contributed by atoms with E-state index in [0.717, 1.165) is 60.9 Å². The van der Waals surface area contributed by atoms with Gasteiger partial charge in [-0.25, -0.2) is 4.98 Å². The van der Waals surface area contributed by atoms with Gasteiger partial charge < -0.3 is 14.8 Å². The highest BCUT2D eigenvalue weighted by atomic mass is 32.2. The lowest BCUT2D eigenvalue weighted by atomic mass is 9.97. The summed E-state index contributed by atoms with van der Waals surface area (Å²) in [5, 5.41) is 4.29. The third kappa shape index (κ3) is 4.74. The molecular formula is C25H29N3O4S2. The molecule has 1 fully saturated rings. The van der Waals surface area contributed by atoms with E-state index in [1.165, 1.54) is 22.2 Å². The van der Waals surface area contributed by atoms with Crippen molar-refractivity contribution in [3.05, 3.63) is 44.6 Å². The number of hydrogen-bond donors (Lipinski definition) is 1. The number of nitrogens with zero attached hydrogens (tertiary/aromatic N) is 2. The number of fused-ring (bicyclic) bond motifs is 3. The molecule has 3 aromatic rings. The molecule has 0 saturated carbocycles. The first-order valence-electron chi connectivity index (χ1n) is 11.8. The van der Waals surface area contributed by atoms with Crippen molar-refractivity contribution >= 4 is 44.9 Å². The van der Waals surface area contributed by atoms with Gasteiger partial charge in [0, 0.05) is 11.5 Å². The van der Waals surface area contributed by atoms with Crippen molar-refractivity contribution < 1.29 is 14.3 Å². The predicted molar refractivity (Wildman–Crippen MR) is 137 cm³/mol. The highest BCUT2D eigenvalue weighted by molar-refractivity contribution is 7.99. The number of benzene rings is 1. The summed E-state index contributed by atoms with van der Waals surface area (Å²) >= 11 is 2.94. The number of anilines is 1. The van der Waals surface area contributed by atoms with E-state index < -0.39 is 0 Å². The van der Waals surface area contributed by atoms with Crippen molar-refractivity contribution in [1.82, 2.24) is 9.55 Å². The van der Waals surface area contributed by atoms with Crippen molar-refractivity contribution in [2.24, 2.45) is 0 Å². The Bertz CT molecular complexity index is 1280. The summed E-state index contributed by atoms with van der Waals surface area (Å²) in [7, 11) is 1.58. The van der Waals surface area contributed by atoms with E-state index in [1.54, 1.807) is 23.0 Å². The van der Waals surface area contributed by atoms with Crippen molar-refractivity contribution in [3.63, 3.8) is 0 Å². The van der Waals surface area contributed by atoms with Crippen LogP contribution in [0.2, 0.25) is 0 Å². The van der Waals surface area contributed by atoms with E-state index in [-0.39, 0.29) is 23.3 Å². The van der Waals surface area contributed by atoms with Gasteiger partial charge in [-0.3, -0.25) is 14.2 Å². The molecule has 1 atom stereocenters. The van der Waals surface area contributed by atoms with Crippen LogP contribution in [0.3, 0.4) is 0 Å². The number of nitrogens with one attached hydrogen (secondary N) is 1. The highest BCUT2D eigenvalue weighted by Gasteiger charge is 2.25. The normalized spacial score (nSPS) is 17.6. The second-order valence-electron chi connectivity index (χ2n) is 8.88. The SMILES string of the molecule is COc1ccc(C)cc1NC(=O)CSc1nc2sc3c(c2c(=O)n1CC1CCCO1)CCCC3. The van der Waals surface area contributed by atoms with E-state index >= 15 is 0 Å². The summed E-state index contributed by atoms with van der Waals surface area (Å²) in [6.45, 7) is 3.17. The van der Waals surface area contributed by atoms with Crippen LogP contribution in [0.4, 0.5) is 5.69 Å². The van der Waals surface area contributed by atoms with Gasteiger partial charge >= 0.3 is 0 Å². The summed E-state index contributed by atoms with van der Waals surface area (Å²) in [6.07, 6.45) is 6.19. The number of aromatic nitrogens is 2. The van der Waals surface area contributed by atoms with Gasteiger partial charge in [0.25, 0.3) is 5.56 Å². The van der Waals surface area contributed by atoms with Gasteiger partial charge in [0.1, 0.15) is 10.6 Å². The number of hydrogen-bond acceptors (Lipinski definition) is 7. The average molecular weight is 500 g/mol. The monoisotopic (exact) mass is 499 g/mol. The van der Waals surface area contributed by atoms with E-state index in [0.29, 0.717) is 23.1 Å². The first kappa shape index (κ1) is 23.4. The quantitative estimate of drug-likeness (QED) is 0.379. The molecule has 1 aliphatic carbocycles. The van der Waals surface area contributed by atoms with Crippen LogP contribution in [0.25, 0.3) is 10.2 Å². The summed E-state index contributed by atoms with van der Waals surface area (Å²) in [5.41, 5.74) is 2.86. The number of rotatable bonds is 7. The summed E-state index contributed by atoms with van der Waals surface area (Å²) < 4.78 is 12.9. The molecule has 1 aliphatic heterocycles. The molecule has 34 heavy (non-hydrogen) atoms. The van der Waals surface area contributed by atoms with Crippen LogP contribution >= 0.6 is 23.1 Å². The largest absolute Gasteiger partial charge is 0.495 e. The van der Waals surface area contributed by atoms with Gasteiger partial charge in [0.05, 0.1) is 36.6 Å². The molecule has 3 heterocycles. The smallest absolute Gasteiger partial charge is 0.263 e. The molecule has 0 radical (unpaired) electrons. The fourth-order valence-electron chi connectivity index (χ4n) is 4.72. The fourth-order valence-corrected chi connectivity index (χ4v) is 6.83. The first-order chi connectivity index (χ1) is 16.5. The van der Waals surface area contributed by atoms with Gasteiger partial charge in [-0.15, -0.1) is 11.3 Å². The lowest BCUT2D eigenvalue weighted by molar-refractivity contribution is -0.113. The minimum atomic E-state index is -0.169. The molecule has 0 spiro atoms. The Kier molecular flexibility index (Phi) is 6.94. The molecule has 5 rings (SSSR count). The number of carbonyl (C=O) groups is 1. The Morgan fingerprint density at radius 1 is 1.32 bits per heavy atom. The van der Waals surface area contributed by atoms with Gasteiger partial charge in [-0.2, -0.15) is 0 Å². The Hall–Kier alpha value is -2.36. The maximum absolute atomic E-state index is 13.7. The number of thiophene rings is 1. The Morgan fingerprint density at radius 3 is 2.97 bits per heavy atom. The highest BCUT2D eigenvalue weighted by Crippen LogP contribution is 2.35. The summed E-state index contributed by atoms with van der Waals surface area (Å²) in [5.74, 6) is 0.589. The second kappa shape index (κ2) is 10.1. The molecule has 7 nitrogen and oxygen atoms in total. The van der Waals surface area contributed by atoms with E-state index in [1.807, 2.05) is 25.1 Å². The third-order valence-electron chi connectivity index (χ3n) is 6.41. The molecule has 180 valence electrons. The number of ether oxygens (including phenoxy) is 2. The zero-order valence-corrected chi connectivity index (χ0v) is 21.2. The number of methoxy groups -OCH3 is 1. The molecule has 2 aliphatic rings. The van der Waals surface area contributed by atoms with E-state index in [2.05, 4.69) is 5.32 Å². The predicted octanol–water partition coefficient (Wildman–Crippen LogP) is 4.56. The van der Waals surface area contributed by atoms with Crippen LogP contribution in [0, 0.1) is 6.92 Å². The molecule has 1 aromatic carbocycles. The first-order valence-corrected chi connectivity index (χ1v) is 13.6. The molecule has 1 saturated heterocycles. The zero-order valence-electron chi connectivity index (χ0n) is 19.5. The summed E-state index contributed by atoms with van der Waals surface area (Å²) in [6, 6.07) is 5.66. The minimum absolute atomic E-state index is 0.00293. The summed E-state index contributed by atoms with van der Waals surface area (Å²) in [4.78, 5) is 33.5. The van der Waals surface area contributed by atoms with Crippen molar-refractivity contribution in [2.75, 3.05) is 24.8 Å². The molecule has 9 heteroatoms. The maximum atomic E-state index is 13.7. The molecule has 1 amide bonds. The van der Waals surface area contributed by atoms with Crippen LogP contribution in [0.15, 0.2) is 28.2 Å². The Balaban J connectivity index is 1.43. The number of thioether (sulfide) groups is 1. The van der Waals surface area contributed by atoms with Gasteiger partial charge in [-0.05, 0) is 68.7 Å².